The van der Waals surface area contributed by atoms with Crippen molar-refractivity contribution in [3.63, 3.8) is 0 Å². The maximum atomic E-state index is 12.3. The van der Waals surface area contributed by atoms with E-state index in [1.807, 2.05) is 24.0 Å². The summed E-state index contributed by atoms with van der Waals surface area (Å²) in [5, 5.41) is 7.12. The molecule has 1 amide bonds. The topological polar surface area (TPSA) is 74.8 Å². The quantitative estimate of drug-likeness (QED) is 0.873. The lowest BCUT2D eigenvalue weighted by Gasteiger charge is -2.30. The molecule has 116 valence electrons. The van der Waals surface area contributed by atoms with E-state index in [4.69, 9.17) is 0 Å². The Hall–Kier alpha value is -1.89. The van der Waals surface area contributed by atoms with Crippen LogP contribution < -0.4 is 0 Å². The molecule has 0 atom stereocenters. The Kier molecular flexibility index (Phi) is 4.72. The molecule has 0 bridgehead atoms. The second-order valence-electron chi connectivity index (χ2n) is 5.41. The van der Waals surface area contributed by atoms with Crippen LogP contribution in [0.4, 0.5) is 0 Å². The van der Waals surface area contributed by atoms with E-state index in [2.05, 4.69) is 20.2 Å². The minimum absolute atomic E-state index is 0.200. The molecule has 6 nitrogen and oxygen atoms in total. The number of nitrogens with zero attached hydrogens (tertiary/aromatic N) is 4. The predicted octanol–water partition coefficient (Wildman–Crippen LogP) is 2.01. The number of nitrogens with one attached hydrogen (secondary N) is 1. The predicted molar refractivity (Wildman–Crippen MR) is 84.6 cm³/mol. The van der Waals surface area contributed by atoms with Gasteiger partial charge in [0.2, 0.25) is 5.91 Å². The minimum Gasteiger partial charge on any atom is -0.342 e. The Morgan fingerprint density at radius 2 is 2.09 bits per heavy atom. The molecule has 2 aromatic heterocycles. The zero-order chi connectivity index (χ0) is 15.4. The molecule has 0 unspecified atom stereocenters. The van der Waals surface area contributed by atoms with Gasteiger partial charge in [0.05, 0.1) is 5.75 Å². The van der Waals surface area contributed by atoms with E-state index in [0.29, 0.717) is 11.7 Å². The van der Waals surface area contributed by atoms with Crippen molar-refractivity contribution < 1.29 is 4.79 Å². The van der Waals surface area contributed by atoms with Gasteiger partial charge < -0.3 is 4.90 Å². The van der Waals surface area contributed by atoms with Crippen LogP contribution in [0.3, 0.4) is 0 Å². The van der Waals surface area contributed by atoms with Crippen molar-refractivity contribution in [2.75, 3.05) is 18.8 Å². The average molecular weight is 317 g/mol. The van der Waals surface area contributed by atoms with E-state index < -0.39 is 0 Å². The monoisotopic (exact) mass is 317 g/mol. The van der Waals surface area contributed by atoms with Gasteiger partial charge in [-0.1, -0.05) is 0 Å². The number of amides is 1. The summed E-state index contributed by atoms with van der Waals surface area (Å²) in [6.45, 7) is 3.48. The maximum absolute atomic E-state index is 12.3. The van der Waals surface area contributed by atoms with E-state index in [1.54, 1.807) is 24.2 Å². The molecule has 1 N–H and O–H groups in total. The van der Waals surface area contributed by atoms with Crippen molar-refractivity contribution in [2.24, 2.45) is 0 Å². The molecule has 2 aromatic rings. The van der Waals surface area contributed by atoms with Crippen LogP contribution in [-0.4, -0.2) is 49.8 Å². The van der Waals surface area contributed by atoms with Crippen molar-refractivity contribution >= 4 is 17.7 Å². The fourth-order valence-electron chi connectivity index (χ4n) is 2.60. The molecule has 0 radical (unpaired) electrons. The van der Waals surface area contributed by atoms with Gasteiger partial charge in [-0.2, -0.15) is 5.10 Å². The normalized spacial score (nSPS) is 16.0. The number of hydrogen-bond acceptors (Lipinski definition) is 5. The zero-order valence-electron chi connectivity index (χ0n) is 12.5. The van der Waals surface area contributed by atoms with Gasteiger partial charge in [0.25, 0.3) is 0 Å². The Balaban J connectivity index is 1.47. The summed E-state index contributed by atoms with van der Waals surface area (Å²) >= 11 is 1.56. The Morgan fingerprint density at radius 1 is 1.36 bits per heavy atom. The number of pyridine rings is 1. The molecule has 0 spiro atoms. The maximum Gasteiger partial charge on any atom is 0.232 e. The molecule has 1 fully saturated rings. The van der Waals surface area contributed by atoms with E-state index in [-0.39, 0.29) is 5.91 Å². The van der Waals surface area contributed by atoms with Crippen molar-refractivity contribution in [1.29, 1.82) is 0 Å². The number of piperidine rings is 1. The van der Waals surface area contributed by atoms with Crippen LogP contribution >= 0.6 is 11.8 Å². The van der Waals surface area contributed by atoms with Gasteiger partial charge in [0, 0.05) is 36.3 Å². The first-order valence-corrected chi connectivity index (χ1v) is 8.40. The molecule has 3 heterocycles. The number of likely N-dealkylation sites (tertiary alicyclic amines) is 1. The van der Waals surface area contributed by atoms with Gasteiger partial charge in [-0.25, -0.2) is 4.98 Å². The fraction of sp³-hybridized carbons (Fsp3) is 0.467. The lowest BCUT2D eigenvalue weighted by atomic mass is 9.96. The molecule has 1 aliphatic heterocycles. The molecule has 0 aliphatic carbocycles. The molecular formula is C15H19N5OS. The molecular weight excluding hydrogens is 298 g/mol. The SMILES string of the molecule is Cc1nc(C2CCN(C(=O)CSc3ccncc3)CC2)n[nH]1. The number of carbonyl (C=O) groups excluding carboxylic acids is 1. The molecule has 1 aliphatic rings. The van der Waals surface area contributed by atoms with Gasteiger partial charge in [-0.3, -0.25) is 14.9 Å². The number of thioether (sulfide) groups is 1. The Morgan fingerprint density at radius 3 is 2.73 bits per heavy atom. The summed E-state index contributed by atoms with van der Waals surface area (Å²) in [6.07, 6.45) is 5.36. The van der Waals surface area contributed by atoms with E-state index >= 15 is 0 Å². The Bertz CT molecular complexity index is 622. The molecule has 0 aromatic carbocycles. The highest BCUT2D eigenvalue weighted by Gasteiger charge is 2.25. The average Bonchev–Trinajstić information content (AvgIpc) is 3.00. The summed E-state index contributed by atoms with van der Waals surface area (Å²) in [7, 11) is 0. The summed E-state index contributed by atoms with van der Waals surface area (Å²) in [4.78, 5) is 23.7. The van der Waals surface area contributed by atoms with Crippen LogP contribution in [0.2, 0.25) is 0 Å². The smallest absolute Gasteiger partial charge is 0.232 e. The third-order valence-corrected chi connectivity index (χ3v) is 4.84. The second kappa shape index (κ2) is 6.91. The lowest BCUT2D eigenvalue weighted by Crippen LogP contribution is -2.39. The molecule has 1 saturated heterocycles. The molecule has 3 rings (SSSR count). The molecule has 0 saturated carbocycles. The third-order valence-electron chi connectivity index (χ3n) is 3.84. The first-order chi connectivity index (χ1) is 10.7. The number of aryl methyl sites for hydroxylation is 1. The highest BCUT2D eigenvalue weighted by molar-refractivity contribution is 8.00. The number of carbonyl (C=O) groups is 1. The number of H-pyrrole nitrogens is 1. The summed E-state index contributed by atoms with van der Waals surface area (Å²) in [5.74, 6) is 2.78. The summed E-state index contributed by atoms with van der Waals surface area (Å²) < 4.78 is 0. The first-order valence-electron chi connectivity index (χ1n) is 7.42. The van der Waals surface area contributed by atoms with Crippen LogP contribution in [0.15, 0.2) is 29.4 Å². The highest BCUT2D eigenvalue weighted by atomic mass is 32.2. The van der Waals surface area contributed by atoms with Gasteiger partial charge >= 0.3 is 0 Å². The Labute approximate surface area is 133 Å². The lowest BCUT2D eigenvalue weighted by molar-refractivity contribution is -0.129. The number of rotatable bonds is 4. The van der Waals surface area contributed by atoms with Crippen molar-refractivity contribution in [2.45, 2.75) is 30.6 Å². The third kappa shape index (κ3) is 3.65. The molecule has 22 heavy (non-hydrogen) atoms. The van der Waals surface area contributed by atoms with Crippen molar-refractivity contribution in [3.8, 4) is 0 Å². The van der Waals surface area contributed by atoms with E-state index in [9.17, 15) is 4.79 Å². The van der Waals surface area contributed by atoms with Gasteiger partial charge in [-0.15, -0.1) is 11.8 Å². The fourth-order valence-corrected chi connectivity index (χ4v) is 3.39. The number of hydrogen-bond donors (Lipinski definition) is 1. The van der Waals surface area contributed by atoms with Crippen molar-refractivity contribution in [1.82, 2.24) is 25.1 Å². The van der Waals surface area contributed by atoms with Gasteiger partial charge in [0.15, 0.2) is 5.82 Å². The van der Waals surface area contributed by atoms with Crippen molar-refractivity contribution in [3.05, 3.63) is 36.2 Å². The highest BCUT2D eigenvalue weighted by Crippen LogP contribution is 2.26. The van der Waals surface area contributed by atoms with E-state index in [1.165, 1.54) is 0 Å². The molecule has 7 heteroatoms. The van der Waals surface area contributed by atoms with Crippen LogP contribution in [0, 0.1) is 6.92 Å². The van der Waals surface area contributed by atoms with Crippen LogP contribution in [0.25, 0.3) is 0 Å². The zero-order valence-corrected chi connectivity index (χ0v) is 13.3. The number of aromatic amines is 1. The van der Waals surface area contributed by atoms with Crippen LogP contribution in [0.5, 0.6) is 0 Å². The van der Waals surface area contributed by atoms with E-state index in [0.717, 1.165) is 42.5 Å². The van der Waals surface area contributed by atoms with Gasteiger partial charge in [0.1, 0.15) is 5.82 Å². The number of aromatic nitrogens is 4. The summed E-state index contributed by atoms with van der Waals surface area (Å²) in [5.41, 5.74) is 0. The standard InChI is InChI=1S/C15H19N5OS/c1-11-17-15(19-18-11)12-4-8-20(9-5-12)14(21)10-22-13-2-6-16-7-3-13/h2-3,6-7,12H,4-5,8-10H2,1H3,(H,17,18,19). The van der Waals surface area contributed by atoms with Crippen LogP contribution in [-0.2, 0) is 4.79 Å². The summed E-state index contributed by atoms with van der Waals surface area (Å²) in [6, 6.07) is 3.85. The van der Waals surface area contributed by atoms with Crippen LogP contribution in [0.1, 0.15) is 30.4 Å². The second-order valence-corrected chi connectivity index (χ2v) is 6.45. The first kappa shape index (κ1) is 15.0. The van der Waals surface area contributed by atoms with Gasteiger partial charge in [-0.05, 0) is 31.9 Å². The minimum atomic E-state index is 0.200. The largest absolute Gasteiger partial charge is 0.342 e.